The van der Waals surface area contributed by atoms with Crippen LogP contribution in [0.2, 0.25) is 5.02 Å². The smallest absolute Gasteiger partial charge is 0.262 e. The molecule has 0 saturated heterocycles. The van der Waals surface area contributed by atoms with Gasteiger partial charge in [0.05, 0.1) is 5.56 Å². The molecule has 0 fully saturated rings. The SMILES string of the molecule is O=C1c2ccccc2N[C@@H](c2csnn2)N1c1cccc(Cl)c1. The van der Waals surface area contributed by atoms with E-state index in [9.17, 15) is 4.79 Å². The van der Waals surface area contributed by atoms with Crippen molar-refractivity contribution in [1.29, 1.82) is 0 Å². The topological polar surface area (TPSA) is 58.1 Å². The summed E-state index contributed by atoms with van der Waals surface area (Å²) in [4.78, 5) is 14.7. The van der Waals surface area contributed by atoms with Gasteiger partial charge >= 0.3 is 0 Å². The molecule has 1 aliphatic rings. The van der Waals surface area contributed by atoms with E-state index in [4.69, 9.17) is 11.6 Å². The minimum absolute atomic E-state index is 0.0976. The summed E-state index contributed by atoms with van der Waals surface area (Å²) in [5.74, 6) is -0.0976. The van der Waals surface area contributed by atoms with Gasteiger partial charge in [0.15, 0.2) is 6.17 Å². The van der Waals surface area contributed by atoms with Crippen LogP contribution in [0.5, 0.6) is 0 Å². The summed E-state index contributed by atoms with van der Waals surface area (Å²) in [6, 6.07) is 14.6. The highest BCUT2D eigenvalue weighted by Gasteiger charge is 2.35. The van der Waals surface area contributed by atoms with Gasteiger partial charge in [-0.25, -0.2) is 0 Å². The van der Waals surface area contributed by atoms with Crippen LogP contribution in [0.4, 0.5) is 11.4 Å². The second-order valence-corrected chi connectivity index (χ2v) is 6.12. The number of carbonyl (C=O) groups is 1. The van der Waals surface area contributed by atoms with Gasteiger partial charge in [-0.15, -0.1) is 5.10 Å². The van der Waals surface area contributed by atoms with Crippen molar-refractivity contribution >= 4 is 40.4 Å². The third kappa shape index (κ3) is 2.46. The Morgan fingerprint density at radius 2 is 2.04 bits per heavy atom. The van der Waals surface area contributed by atoms with Crippen LogP contribution in [0, 0.1) is 0 Å². The number of para-hydroxylation sites is 1. The molecule has 5 nitrogen and oxygen atoms in total. The lowest BCUT2D eigenvalue weighted by Gasteiger charge is -2.36. The van der Waals surface area contributed by atoms with Crippen LogP contribution in [-0.4, -0.2) is 15.5 Å². The Kier molecular flexibility index (Phi) is 3.48. The van der Waals surface area contributed by atoms with E-state index in [1.165, 1.54) is 11.5 Å². The number of hydrogen-bond acceptors (Lipinski definition) is 5. The minimum Gasteiger partial charge on any atom is -0.359 e. The summed E-state index contributed by atoms with van der Waals surface area (Å²) in [6.45, 7) is 0. The maximum absolute atomic E-state index is 13.0. The molecule has 23 heavy (non-hydrogen) atoms. The largest absolute Gasteiger partial charge is 0.359 e. The summed E-state index contributed by atoms with van der Waals surface area (Å²) in [7, 11) is 0. The molecule has 0 saturated carbocycles. The van der Waals surface area contributed by atoms with Crippen molar-refractivity contribution in [2.45, 2.75) is 6.17 Å². The standard InChI is InChI=1S/C16H11ClN4OS/c17-10-4-3-5-11(8-10)21-15(14-9-23-20-19-14)18-13-7-2-1-6-12(13)16(21)22/h1-9,15,18H/t15-/m1/s1. The number of aromatic nitrogens is 2. The summed E-state index contributed by atoms with van der Waals surface area (Å²) in [5, 5.41) is 9.89. The van der Waals surface area contributed by atoms with E-state index < -0.39 is 6.17 Å². The first-order chi connectivity index (χ1) is 11.2. The maximum Gasteiger partial charge on any atom is 0.262 e. The van der Waals surface area contributed by atoms with E-state index >= 15 is 0 Å². The third-order valence-electron chi connectivity index (χ3n) is 3.67. The van der Waals surface area contributed by atoms with Crippen molar-refractivity contribution in [1.82, 2.24) is 9.59 Å². The van der Waals surface area contributed by atoms with Crippen LogP contribution in [0.1, 0.15) is 22.2 Å². The molecule has 0 aliphatic carbocycles. The zero-order chi connectivity index (χ0) is 15.8. The van der Waals surface area contributed by atoms with Crippen molar-refractivity contribution in [2.24, 2.45) is 0 Å². The fourth-order valence-corrected chi connectivity index (χ4v) is 3.30. The third-order valence-corrected chi connectivity index (χ3v) is 4.43. The number of hydrogen-bond donors (Lipinski definition) is 1. The van der Waals surface area contributed by atoms with Gasteiger partial charge in [0.2, 0.25) is 0 Å². The van der Waals surface area contributed by atoms with E-state index in [1.807, 2.05) is 35.7 Å². The number of halogens is 1. The van der Waals surface area contributed by atoms with Gasteiger partial charge in [-0.1, -0.05) is 34.3 Å². The summed E-state index contributed by atoms with van der Waals surface area (Å²) in [6.07, 6.45) is -0.422. The van der Waals surface area contributed by atoms with Crippen molar-refractivity contribution < 1.29 is 4.79 Å². The van der Waals surface area contributed by atoms with Crippen molar-refractivity contribution in [3.05, 3.63) is 70.2 Å². The average molecular weight is 343 g/mol. The van der Waals surface area contributed by atoms with Gasteiger partial charge in [0.25, 0.3) is 5.91 Å². The van der Waals surface area contributed by atoms with Crippen molar-refractivity contribution in [3.8, 4) is 0 Å². The molecular formula is C16H11ClN4OS. The molecule has 3 aromatic rings. The van der Waals surface area contributed by atoms with Gasteiger partial charge in [-0.3, -0.25) is 9.69 Å². The number of nitrogens with zero attached hydrogens (tertiary/aromatic N) is 3. The number of amides is 1. The fourth-order valence-electron chi connectivity index (χ4n) is 2.64. The lowest BCUT2D eigenvalue weighted by Crippen LogP contribution is -2.43. The van der Waals surface area contributed by atoms with Crippen LogP contribution >= 0.6 is 23.1 Å². The number of fused-ring (bicyclic) bond motifs is 1. The zero-order valence-corrected chi connectivity index (χ0v) is 13.4. The van der Waals surface area contributed by atoms with Gasteiger partial charge in [-0.05, 0) is 41.9 Å². The predicted octanol–water partition coefficient (Wildman–Crippen LogP) is 3.96. The van der Waals surface area contributed by atoms with Crippen molar-refractivity contribution in [2.75, 3.05) is 10.2 Å². The monoisotopic (exact) mass is 342 g/mol. The van der Waals surface area contributed by atoms with E-state index in [-0.39, 0.29) is 5.91 Å². The molecule has 0 spiro atoms. The molecule has 1 amide bonds. The minimum atomic E-state index is -0.422. The number of nitrogens with one attached hydrogen (secondary N) is 1. The first-order valence-electron chi connectivity index (χ1n) is 6.96. The first kappa shape index (κ1) is 14.2. The average Bonchev–Trinajstić information content (AvgIpc) is 3.09. The van der Waals surface area contributed by atoms with Crippen molar-refractivity contribution in [3.63, 3.8) is 0 Å². The quantitative estimate of drug-likeness (QED) is 0.765. The molecule has 4 rings (SSSR count). The highest BCUT2D eigenvalue weighted by molar-refractivity contribution is 7.03. The summed E-state index contributed by atoms with van der Waals surface area (Å²) in [5.41, 5.74) is 2.81. The molecule has 1 N–H and O–H groups in total. The number of carbonyl (C=O) groups excluding carboxylic acids is 1. The number of benzene rings is 2. The normalized spacial score (nSPS) is 16.8. The van der Waals surface area contributed by atoms with E-state index in [0.29, 0.717) is 22.0 Å². The number of anilines is 2. The lowest BCUT2D eigenvalue weighted by atomic mass is 10.1. The fraction of sp³-hybridized carbons (Fsp3) is 0.0625. The molecule has 114 valence electrons. The van der Waals surface area contributed by atoms with E-state index in [0.717, 1.165) is 5.69 Å². The summed E-state index contributed by atoms with van der Waals surface area (Å²) < 4.78 is 3.91. The van der Waals surface area contributed by atoms with Crippen LogP contribution in [0.3, 0.4) is 0 Å². The Balaban J connectivity index is 1.87. The highest BCUT2D eigenvalue weighted by atomic mass is 35.5. The van der Waals surface area contributed by atoms with E-state index in [1.54, 1.807) is 23.1 Å². The molecule has 1 atom stereocenters. The molecule has 1 aliphatic heterocycles. The van der Waals surface area contributed by atoms with Crippen LogP contribution in [0.15, 0.2) is 53.9 Å². The molecule has 1 aromatic heterocycles. The second-order valence-electron chi connectivity index (χ2n) is 5.08. The van der Waals surface area contributed by atoms with E-state index in [2.05, 4.69) is 14.9 Å². The second kappa shape index (κ2) is 5.64. The molecule has 2 heterocycles. The van der Waals surface area contributed by atoms with Crippen LogP contribution in [0.25, 0.3) is 0 Å². The van der Waals surface area contributed by atoms with Crippen LogP contribution < -0.4 is 10.2 Å². The molecule has 0 bridgehead atoms. The lowest BCUT2D eigenvalue weighted by molar-refractivity contribution is 0.0974. The Labute approximate surface area is 141 Å². The van der Waals surface area contributed by atoms with Crippen LogP contribution in [-0.2, 0) is 0 Å². The zero-order valence-electron chi connectivity index (χ0n) is 11.8. The number of rotatable bonds is 2. The van der Waals surface area contributed by atoms with Gasteiger partial charge in [0.1, 0.15) is 5.69 Å². The molecule has 0 radical (unpaired) electrons. The molecule has 0 unspecified atom stereocenters. The Morgan fingerprint density at radius 3 is 2.83 bits per heavy atom. The molecular weight excluding hydrogens is 332 g/mol. The van der Waals surface area contributed by atoms with Gasteiger partial charge in [-0.2, -0.15) is 0 Å². The first-order valence-corrected chi connectivity index (χ1v) is 8.17. The Hall–Kier alpha value is -2.44. The highest BCUT2D eigenvalue weighted by Crippen LogP contribution is 2.36. The Morgan fingerprint density at radius 1 is 1.17 bits per heavy atom. The molecule has 7 heteroatoms. The van der Waals surface area contributed by atoms with Gasteiger partial charge in [0, 0.05) is 21.8 Å². The molecule has 2 aromatic carbocycles. The maximum atomic E-state index is 13.0. The predicted molar refractivity (Wildman–Crippen MR) is 91.0 cm³/mol. The van der Waals surface area contributed by atoms with Gasteiger partial charge < -0.3 is 5.32 Å². The Bertz CT molecular complexity index is 868. The summed E-state index contributed by atoms with van der Waals surface area (Å²) >= 11 is 7.35.